The van der Waals surface area contributed by atoms with E-state index in [1.165, 1.54) is 30.5 Å². The zero-order valence-corrected chi connectivity index (χ0v) is 15.1. The van der Waals surface area contributed by atoms with Crippen molar-refractivity contribution < 1.29 is 19.3 Å². The molecule has 0 aliphatic carbocycles. The molecule has 0 bridgehead atoms. The number of pyridine rings is 1. The molecule has 0 fully saturated rings. The average molecular weight is 393 g/mol. The minimum Gasteiger partial charge on any atom is -0.485 e. The van der Waals surface area contributed by atoms with Gasteiger partial charge in [0.05, 0.1) is 9.85 Å². The summed E-state index contributed by atoms with van der Waals surface area (Å²) in [5, 5.41) is 22.1. The number of ether oxygens (including phenoxy) is 2. The first kappa shape index (κ1) is 18.4. The van der Waals surface area contributed by atoms with Gasteiger partial charge in [-0.3, -0.25) is 20.2 Å². The molecule has 146 valence electrons. The van der Waals surface area contributed by atoms with Crippen LogP contribution in [-0.2, 0) is 6.42 Å². The van der Waals surface area contributed by atoms with Crippen LogP contribution in [0.15, 0.2) is 60.8 Å². The molecule has 1 atom stereocenters. The van der Waals surface area contributed by atoms with Crippen LogP contribution in [0.2, 0.25) is 0 Å². The lowest BCUT2D eigenvalue weighted by Crippen LogP contribution is -2.15. The fraction of sp³-hybridized carbons (Fsp3) is 0.150. The number of fused-ring (bicyclic) bond motifs is 1. The van der Waals surface area contributed by atoms with Crippen LogP contribution in [0.3, 0.4) is 0 Å². The minimum absolute atomic E-state index is 0.0256. The SMILES string of the molecule is O=[N+]([O-])c1cccc(C2CCc3cc(Oc4ncccc4[N+](=O)[O-])ccc3O2)c1. The van der Waals surface area contributed by atoms with Gasteiger partial charge >= 0.3 is 5.69 Å². The number of nitro benzene ring substituents is 1. The fourth-order valence-electron chi connectivity index (χ4n) is 3.21. The maximum Gasteiger partial charge on any atom is 0.331 e. The summed E-state index contributed by atoms with van der Waals surface area (Å²) in [6.45, 7) is 0. The molecule has 0 spiro atoms. The predicted molar refractivity (Wildman–Crippen MR) is 102 cm³/mol. The van der Waals surface area contributed by atoms with E-state index >= 15 is 0 Å². The zero-order chi connectivity index (χ0) is 20.4. The number of aromatic nitrogens is 1. The highest BCUT2D eigenvalue weighted by Gasteiger charge is 2.24. The van der Waals surface area contributed by atoms with Crippen LogP contribution in [0.5, 0.6) is 17.4 Å². The lowest BCUT2D eigenvalue weighted by atomic mass is 9.97. The second-order valence-electron chi connectivity index (χ2n) is 6.45. The fourth-order valence-corrected chi connectivity index (χ4v) is 3.21. The number of hydrogen-bond donors (Lipinski definition) is 0. The number of benzene rings is 2. The van der Waals surface area contributed by atoms with Crippen molar-refractivity contribution in [2.75, 3.05) is 0 Å². The van der Waals surface area contributed by atoms with Crippen LogP contribution >= 0.6 is 0 Å². The van der Waals surface area contributed by atoms with Gasteiger partial charge in [-0.2, -0.15) is 0 Å². The third kappa shape index (κ3) is 3.84. The van der Waals surface area contributed by atoms with E-state index < -0.39 is 9.85 Å². The third-order valence-electron chi connectivity index (χ3n) is 4.59. The Bertz CT molecular complexity index is 1100. The molecular formula is C20H15N3O6. The first-order chi connectivity index (χ1) is 14.0. The van der Waals surface area contributed by atoms with Crippen molar-refractivity contribution in [2.45, 2.75) is 18.9 Å². The topological polar surface area (TPSA) is 118 Å². The Morgan fingerprint density at radius 3 is 2.69 bits per heavy atom. The predicted octanol–water partition coefficient (Wildman–Crippen LogP) is 4.76. The standard InChI is InChI=1S/C20H15N3O6/c24-22(25)15-4-1-3-13(11-15)18-8-6-14-12-16(7-9-19(14)29-18)28-20-17(23(26)27)5-2-10-21-20/h1-5,7,9-12,18H,6,8H2. The smallest absolute Gasteiger partial charge is 0.331 e. The summed E-state index contributed by atoms with van der Waals surface area (Å²) < 4.78 is 11.6. The number of non-ortho nitro benzene ring substituents is 1. The minimum atomic E-state index is -0.548. The molecule has 9 nitrogen and oxygen atoms in total. The third-order valence-corrected chi connectivity index (χ3v) is 4.59. The van der Waals surface area contributed by atoms with E-state index in [4.69, 9.17) is 9.47 Å². The van der Waals surface area contributed by atoms with Crippen molar-refractivity contribution in [3.63, 3.8) is 0 Å². The lowest BCUT2D eigenvalue weighted by Gasteiger charge is -2.26. The maximum atomic E-state index is 11.1. The first-order valence-electron chi connectivity index (χ1n) is 8.82. The van der Waals surface area contributed by atoms with Gasteiger partial charge in [-0.1, -0.05) is 12.1 Å². The Morgan fingerprint density at radius 1 is 1.03 bits per heavy atom. The van der Waals surface area contributed by atoms with Crippen LogP contribution in [0.4, 0.5) is 11.4 Å². The van der Waals surface area contributed by atoms with Gasteiger partial charge in [0.1, 0.15) is 17.6 Å². The molecule has 0 N–H and O–H groups in total. The number of rotatable bonds is 5. The Morgan fingerprint density at radius 2 is 1.90 bits per heavy atom. The van der Waals surface area contributed by atoms with Crippen LogP contribution < -0.4 is 9.47 Å². The van der Waals surface area contributed by atoms with Gasteiger partial charge in [0.25, 0.3) is 11.6 Å². The van der Waals surface area contributed by atoms with Crippen molar-refractivity contribution in [3.05, 3.63) is 92.1 Å². The largest absolute Gasteiger partial charge is 0.485 e. The van der Waals surface area contributed by atoms with Crippen LogP contribution in [0.1, 0.15) is 23.7 Å². The molecule has 0 amide bonds. The van der Waals surface area contributed by atoms with Gasteiger partial charge in [-0.15, -0.1) is 0 Å². The Hall–Kier alpha value is -4.01. The van der Waals surface area contributed by atoms with E-state index in [0.717, 1.165) is 11.1 Å². The van der Waals surface area contributed by atoms with E-state index in [1.54, 1.807) is 30.3 Å². The number of aryl methyl sites for hydroxylation is 1. The van der Waals surface area contributed by atoms with Gasteiger partial charge in [-0.25, -0.2) is 4.98 Å². The molecule has 0 saturated carbocycles. The van der Waals surface area contributed by atoms with E-state index in [0.29, 0.717) is 24.3 Å². The molecule has 3 aromatic rings. The van der Waals surface area contributed by atoms with Gasteiger partial charge in [0.2, 0.25) is 0 Å². The van der Waals surface area contributed by atoms with Crippen LogP contribution in [0, 0.1) is 20.2 Å². The van der Waals surface area contributed by atoms with E-state index in [9.17, 15) is 20.2 Å². The Labute approximate surface area is 164 Å². The summed E-state index contributed by atoms with van der Waals surface area (Å²) >= 11 is 0. The maximum absolute atomic E-state index is 11.1. The van der Waals surface area contributed by atoms with E-state index in [-0.39, 0.29) is 23.4 Å². The molecule has 4 rings (SSSR count). The Kier molecular flexibility index (Phi) is 4.78. The summed E-state index contributed by atoms with van der Waals surface area (Å²) in [6.07, 6.45) is 2.45. The van der Waals surface area contributed by atoms with Gasteiger partial charge in [0.15, 0.2) is 0 Å². The highest BCUT2D eigenvalue weighted by molar-refractivity contribution is 5.47. The normalized spacial score (nSPS) is 15.1. The van der Waals surface area contributed by atoms with Crippen molar-refractivity contribution in [3.8, 4) is 17.4 Å². The monoisotopic (exact) mass is 393 g/mol. The molecule has 0 saturated heterocycles. The number of hydrogen-bond acceptors (Lipinski definition) is 7. The second-order valence-corrected chi connectivity index (χ2v) is 6.45. The van der Waals surface area contributed by atoms with Crippen LogP contribution in [-0.4, -0.2) is 14.8 Å². The van der Waals surface area contributed by atoms with Crippen molar-refractivity contribution in [1.29, 1.82) is 0 Å². The molecule has 2 aromatic carbocycles. The second kappa shape index (κ2) is 7.55. The van der Waals surface area contributed by atoms with Crippen molar-refractivity contribution >= 4 is 11.4 Å². The molecular weight excluding hydrogens is 378 g/mol. The van der Waals surface area contributed by atoms with E-state index in [1.807, 2.05) is 0 Å². The average Bonchev–Trinajstić information content (AvgIpc) is 2.73. The Balaban J connectivity index is 1.54. The van der Waals surface area contributed by atoms with Gasteiger partial charge < -0.3 is 9.47 Å². The molecule has 1 aliphatic heterocycles. The van der Waals surface area contributed by atoms with E-state index in [2.05, 4.69) is 4.98 Å². The molecule has 9 heteroatoms. The van der Waals surface area contributed by atoms with Crippen molar-refractivity contribution in [1.82, 2.24) is 4.98 Å². The number of nitrogens with zero attached hydrogens (tertiary/aromatic N) is 3. The highest BCUT2D eigenvalue weighted by atomic mass is 16.6. The molecule has 1 aromatic heterocycles. The van der Waals surface area contributed by atoms with Crippen molar-refractivity contribution in [2.24, 2.45) is 0 Å². The first-order valence-corrected chi connectivity index (χ1v) is 8.82. The molecule has 29 heavy (non-hydrogen) atoms. The summed E-state index contributed by atoms with van der Waals surface area (Å²) in [7, 11) is 0. The van der Waals surface area contributed by atoms with Gasteiger partial charge in [0, 0.05) is 24.4 Å². The molecule has 1 unspecified atom stereocenters. The zero-order valence-electron chi connectivity index (χ0n) is 15.1. The van der Waals surface area contributed by atoms with Crippen LogP contribution in [0.25, 0.3) is 0 Å². The lowest BCUT2D eigenvalue weighted by molar-refractivity contribution is -0.386. The summed E-state index contributed by atoms with van der Waals surface area (Å²) in [4.78, 5) is 25.0. The highest BCUT2D eigenvalue weighted by Crippen LogP contribution is 2.38. The summed E-state index contributed by atoms with van der Waals surface area (Å²) in [6, 6.07) is 14.3. The quantitative estimate of drug-likeness (QED) is 0.453. The molecule has 2 heterocycles. The molecule has 0 radical (unpaired) electrons. The summed E-state index contributed by atoms with van der Waals surface area (Å²) in [5.74, 6) is 0.988. The molecule has 1 aliphatic rings. The van der Waals surface area contributed by atoms with Gasteiger partial charge in [-0.05, 0) is 48.2 Å². The summed E-state index contributed by atoms with van der Waals surface area (Å²) in [5.41, 5.74) is 1.45. The number of nitro groups is 2.